The van der Waals surface area contributed by atoms with Crippen molar-refractivity contribution in [1.29, 1.82) is 0 Å². The lowest BCUT2D eigenvalue weighted by Crippen LogP contribution is -2.32. The molecule has 1 amide bonds. The van der Waals surface area contributed by atoms with E-state index in [1.807, 2.05) is 37.3 Å². The highest BCUT2D eigenvalue weighted by atomic mass is 16.5. The van der Waals surface area contributed by atoms with Gasteiger partial charge in [-0.05, 0) is 18.1 Å². The van der Waals surface area contributed by atoms with Gasteiger partial charge in [-0.3, -0.25) is 9.59 Å². The molecule has 1 aliphatic rings. The van der Waals surface area contributed by atoms with Gasteiger partial charge in [0, 0.05) is 19.2 Å². The molecule has 2 aromatic carbocycles. The molecule has 1 heterocycles. The van der Waals surface area contributed by atoms with E-state index in [4.69, 9.17) is 4.74 Å². The van der Waals surface area contributed by atoms with Gasteiger partial charge in [0.05, 0.1) is 18.2 Å². The quantitative estimate of drug-likeness (QED) is 0.511. The minimum absolute atomic E-state index is 0.117. The number of benzene rings is 2. The molecule has 0 spiro atoms. The van der Waals surface area contributed by atoms with Gasteiger partial charge in [0.15, 0.2) is 0 Å². The van der Waals surface area contributed by atoms with Crippen molar-refractivity contribution >= 4 is 17.4 Å². The number of likely N-dealkylation sites (tertiary alicyclic amines) is 1. The first kappa shape index (κ1) is 17.9. The number of rotatable bonds is 5. The summed E-state index contributed by atoms with van der Waals surface area (Å²) in [6, 6.07) is 15.7. The first-order valence-electron chi connectivity index (χ1n) is 8.44. The van der Waals surface area contributed by atoms with Crippen LogP contribution < -0.4 is 0 Å². The van der Waals surface area contributed by atoms with Crippen molar-refractivity contribution in [3.8, 4) is 0 Å². The number of aliphatic hydroxyl groups is 1. The predicted octanol–water partition coefficient (Wildman–Crippen LogP) is 3.06. The highest BCUT2D eigenvalue weighted by Crippen LogP contribution is 2.40. The first-order valence-corrected chi connectivity index (χ1v) is 8.44. The van der Waals surface area contributed by atoms with Gasteiger partial charge in [0.25, 0.3) is 11.7 Å². The fourth-order valence-corrected chi connectivity index (χ4v) is 3.27. The predicted molar refractivity (Wildman–Crippen MR) is 98.5 cm³/mol. The number of methoxy groups -OCH3 is 1. The van der Waals surface area contributed by atoms with Crippen molar-refractivity contribution in [2.24, 2.45) is 0 Å². The topological polar surface area (TPSA) is 66.8 Å². The molecule has 26 heavy (non-hydrogen) atoms. The second-order valence-corrected chi connectivity index (χ2v) is 6.21. The van der Waals surface area contributed by atoms with Gasteiger partial charge in [-0.1, -0.05) is 54.6 Å². The fourth-order valence-electron chi connectivity index (χ4n) is 3.27. The van der Waals surface area contributed by atoms with E-state index in [0.29, 0.717) is 12.2 Å². The summed E-state index contributed by atoms with van der Waals surface area (Å²) in [6.07, 6.45) is 0. The Balaban J connectivity index is 2.19. The third-order valence-corrected chi connectivity index (χ3v) is 4.61. The van der Waals surface area contributed by atoms with Crippen LogP contribution in [0.4, 0.5) is 0 Å². The van der Waals surface area contributed by atoms with Crippen LogP contribution in [0.3, 0.4) is 0 Å². The van der Waals surface area contributed by atoms with Crippen molar-refractivity contribution in [2.45, 2.75) is 13.0 Å². The van der Waals surface area contributed by atoms with Gasteiger partial charge >= 0.3 is 0 Å². The lowest BCUT2D eigenvalue weighted by molar-refractivity contribution is -0.140. The molecule has 1 saturated heterocycles. The molecule has 5 nitrogen and oxygen atoms in total. The molecule has 1 unspecified atom stereocenters. The average molecular weight is 351 g/mol. The lowest BCUT2D eigenvalue weighted by atomic mass is 9.92. The fraction of sp³-hybridized carbons (Fsp3) is 0.238. The van der Waals surface area contributed by atoms with E-state index in [1.165, 1.54) is 4.90 Å². The monoisotopic (exact) mass is 351 g/mol. The number of amides is 1. The number of carbonyl (C=O) groups excluding carboxylic acids is 2. The number of ether oxygens (including phenoxy) is 1. The van der Waals surface area contributed by atoms with E-state index >= 15 is 0 Å². The summed E-state index contributed by atoms with van der Waals surface area (Å²) in [5, 5.41) is 10.8. The molecule has 1 fully saturated rings. The minimum Gasteiger partial charge on any atom is -0.507 e. The van der Waals surface area contributed by atoms with Gasteiger partial charge in [0.1, 0.15) is 5.76 Å². The van der Waals surface area contributed by atoms with Crippen LogP contribution in [0.25, 0.3) is 5.76 Å². The largest absolute Gasteiger partial charge is 0.507 e. The zero-order valence-electron chi connectivity index (χ0n) is 14.8. The smallest absolute Gasteiger partial charge is 0.295 e. The molecule has 134 valence electrons. The number of ketones is 1. The summed E-state index contributed by atoms with van der Waals surface area (Å²) in [7, 11) is 1.54. The number of aliphatic hydroxyl groups excluding tert-OH is 1. The molecule has 1 atom stereocenters. The van der Waals surface area contributed by atoms with Crippen LogP contribution in [-0.4, -0.2) is 42.0 Å². The molecule has 5 heteroatoms. The molecule has 1 aliphatic heterocycles. The summed E-state index contributed by atoms with van der Waals surface area (Å²) in [5.74, 6) is -1.44. The van der Waals surface area contributed by atoms with Gasteiger partial charge in [-0.2, -0.15) is 0 Å². The van der Waals surface area contributed by atoms with Crippen LogP contribution in [0, 0.1) is 6.92 Å². The molecule has 3 rings (SSSR count). The Labute approximate surface area is 152 Å². The normalized spacial score (nSPS) is 19.2. The molecule has 0 radical (unpaired) electrons. The SMILES string of the molecule is COCCN1C(=O)C(=O)/C(=C(\O)c2ccccc2)C1c1ccccc1C. The number of aryl methyl sites for hydroxylation is 1. The van der Waals surface area contributed by atoms with Crippen LogP contribution in [-0.2, 0) is 14.3 Å². The van der Waals surface area contributed by atoms with Crippen LogP contribution in [0.2, 0.25) is 0 Å². The summed E-state index contributed by atoms with van der Waals surface area (Å²) in [6.45, 7) is 2.50. The van der Waals surface area contributed by atoms with Crippen molar-refractivity contribution in [1.82, 2.24) is 4.90 Å². The number of hydrogen-bond donors (Lipinski definition) is 1. The molecule has 0 saturated carbocycles. The highest BCUT2D eigenvalue weighted by Gasteiger charge is 2.46. The standard InChI is InChI=1S/C21H21NO4/c1-14-8-6-7-11-16(14)18-17(19(23)15-9-4-3-5-10-15)20(24)21(25)22(18)12-13-26-2/h3-11,18,23H,12-13H2,1-2H3/b19-17-. The van der Waals surface area contributed by atoms with Gasteiger partial charge < -0.3 is 14.7 Å². The summed E-state index contributed by atoms with van der Waals surface area (Å²) < 4.78 is 5.10. The van der Waals surface area contributed by atoms with Crippen molar-refractivity contribution in [2.75, 3.05) is 20.3 Å². The summed E-state index contributed by atoms with van der Waals surface area (Å²) in [4.78, 5) is 26.8. The van der Waals surface area contributed by atoms with Crippen LogP contribution in [0.5, 0.6) is 0 Å². The maximum Gasteiger partial charge on any atom is 0.295 e. The zero-order chi connectivity index (χ0) is 18.7. The highest BCUT2D eigenvalue weighted by molar-refractivity contribution is 6.46. The second-order valence-electron chi connectivity index (χ2n) is 6.21. The van der Waals surface area contributed by atoms with E-state index in [9.17, 15) is 14.7 Å². The third kappa shape index (κ3) is 3.13. The van der Waals surface area contributed by atoms with Gasteiger partial charge in [-0.15, -0.1) is 0 Å². The number of carbonyl (C=O) groups is 2. The van der Waals surface area contributed by atoms with Crippen LogP contribution in [0.1, 0.15) is 22.7 Å². The third-order valence-electron chi connectivity index (χ3n) is 4.61. The Kier molecular flexibility index (Phi) is 5.19. The Morgan fingerprint density at radius 3 is 2.38 bits per heavy atom. The Bertz CT molecular complexity index is 857. The Morgan fingerprint density at radius 1 is 1.08 bits per heavy atom. The molecule has 0 bridgehead atoms. The van der Waals surface area contributed by atoms with Crippen molar-refractivity contribution in [3.05, 3.63) is 76.9 Å². The number of hydrogen-bond acceptors (Lipinski definition) is 4. The molecular formula is C21H21NO4. The first-order chi connectivity index (χ1) is 12.6. The summed E-state index contributed by atoms with van der Waals surface area (Å²) in [5.41, 5.74) is 2.39. The summed E-state index contributed by atoms with van der Waals surface area (Å²) >= 11 is 0. The van der Waals surface area contributed by atoms with Crippen molar-refractivity contribution in [3.63, 3.8) is 0 Å². The lowest BCUT2D eigenvalue weighted by Gasteiger charge is -2.26. The molecule has 0 aromatic heterocycles. The maximum absolute atomic E-state index is 12.7. The molecule has 0 aliphatic carbocycles. The molecular weight excluding hydrogens is 330 g/mol. The Morgan fingerprint density at radius 2 is 1.73 bits per heavy atom. The van der Waals surface area contributed by atoms with Crippen molar-refractivity contribution < 1.29 is 19.4 Å². The van der Waals surface area contributed by atoms with E-state index in [-0.39, 0.29) is 17.9 Å². The number of nitrogens with zero attached hydrogens (tertiary/aromatic N) is 1. The Hall–Kier alpha value is -2.92. The molecule has 2 aromatic rings. The van der Waals surface area contributed by atoms with E-state index < -0.39 is 17.7 Å². The van der Waals surface area contributed by atoms with Gasteiger partial charge in [-0.25, -0.2) is 0 Å². The zero-order valence-corrected chi connectivity index (χ0v) is 14.8. The maximum atomic E-state index is 12.7. The number of Topliss-reactive ketones (excluding diaryl/α,β-unsaturated/α-hetero) is 1. The van der Waals surface area contributed by atoms with Gasteiger partial charge in [0.2, 0.25) is 0 Å². The average Bonchev–Trinajstić information content (AvgIpc) is 2.91. The van der Waals surface area contributed by atoms with E-state index in [1.54, 1.807) is 31.4 Å². The second kappa shape index (κ2) is 7.54. The van der Waals surface area contributed by atoms with E-state index in [0.717, 1.165) is 11.1 Å². The minimum atomic E-state index is -0.671. The molecule has 1 N–H and O–H groups in total. The van der Waals surface area contributed by atoms with Crippen LogP contribution in [0.15, 0.2) is 60.2 Å². The van der Waals surface area contributed by atoms with Crippen LogP contribution >= 0.6 is 0 Å². The van der Waals surface area contributed by atoms with E-state index in [2.05, 4.69) is 0 Å².